The summed E-state index contributed by atoms with van der Waals surface area (Å²) in [6.07, 6.45) is 147. The molecule has 660 valence electrons. The fourth-order valence-corrected chi connectivity index (χ4v) is 19.0. The molecule has 6 saturated carbocycles. The lowest BCUT2D eigenvalue weighted by molar-refractivity contribution is -0.147. The second-order valence-electron chi connectivity index (χ2n) is 38.1. The zero-order chi connectivity index (χ0) is 79.4. The van der Waals surface area contributed by atoms with Crippen LogP contribution in [0.15, 0.2) is 11.6 Å². The van der Waals surface area contributed by atoms with Gasteiger partial charge in [-0.05, 0) is 19.8 Å². The van der Waals surface area contributed by atoms with Crippen LogP contribution in [0.4, 0.5) is 0 Å². The highest BCUT2D eigenvalue weighted by Gasteiger charge is 2.36. The van der Waals surface area contributed by atoms with E-state index >= 15 is 0 Å². The topological polar surface area (TPSA) is 74.6 Å². The van der Waals surface area contributed by atoms with Crippen molar-refractivity contribution >= 4 is 11.9 Å². The molecule has 0 aromatic rings. The van der Waals surface area contributed by atoms with Gasteiger partial charge in [0.1, 0.15) is 0 Å². The Morgan fingerprint density at radius 3 is 0.288 bits per heavy atom. The van der Waals surface area contributed by atoms with Gasteiger partial charge in [-0.15, -0.1) is 0 Å². The van der Waals surface area contributed by atoms with Crippen molar-refractivity contribution in [1.29, 1.82) is 0 Å². The van der Waals surface area contributed by atoms with Crippen molar-refractivity contribution < 1.29 is 19.8 Å². The Bertz CT molecular complexity index is 1220. The van der Waals surface area contributed by atoms with E-state index in [-0.39, 0.29) is 5.57 Å². The van der Waals surface area contributed by atoms with Crippen molar-refractivity contribution in [3.8, 4) is 0 Å². The number of hydrogen-bond donors (Lipinski definition) is 2. The number of carbonyl (C=O) groups is 2. The van der Waals surface area contributed by atoms with Crippen molar-refractivity contribution in [3.05, 3.63) is 11.6 Å². The van der Waals surface area contributed by atoms with Gasteiger partial charge in [0.25, 0.3) is 0 Å². The molecule has 0 aliphatic heterocycles. The Morgan fingerprint density at radius 1 is 0.153 bits per heavy atom. The molecule has 6 fully saturated rings. The molecule has 4 nitrogen and oxygen atoms in total. The molecule has 6 rings (SSSR count). The van der Waals surface area contributed by atoms with Crippen molar-refractivity contribution in [2.45, 2.75) is 655 Å². The predicted octanol–water partition coefficient (Wildman–Crippen LogP) is 39.5. The second-order valence-corrected chi connectivity index (χ2v) is 38.1. The van der Waals surface area contributed by atoms with E-state index in [1.165, 1.54) is 610 Å². The molecular weight excluding hydrogens is 1350 g/mol. The molecule has 2 N–H and O–H groups in total. The van der Waals surface area contributed by atoms with Crippen LogP contribution in [0.3, 0.4) is 0 Å². The van der Waals surface area contributed by atoms with E-state index in [9.17, 15) is 19.8 Å². The third kappa shape index (κ3) is 86.4. The minimum atomic E-state index is -1.02. The normalized spacial score (nSPS) is 23.6. The van der Waals surface area contributed by atoms with Gasteiger partial charge < -0.3 is 10.2 Å². The molecule has 6 aliphatic rings. The molecule has 0 unspecified atom stereocenters. The fourth-order valence-electron chi connectivity index (χ4n) is 19.0. The highest BCUT2D eigenvalue weighted by Crippen LogP contribution is 2.36. The quantitative estimate of drug-likeness (QED) is 0.276. The number of carboxylic acids is 2. The number of rotatable bonds is 3. The number of aliphatic carboxylic acids is 2. The van der Waals surface area contributed by atoms with E-state index in [1.54, 1.807) is 0 Å². The third-order valence-electron chi connectivity index (χ3n) is 27.0. The molecule has 4 heteroatoms. The molecule has 0 spiro atoms. The average Bonchev–Trinajstić information content (AvgIpc) is 0.846. The van der Waals surface area contributed by atoms with Crippen molar-refractivity contribution in [1.82, 2.24) is 0 Å². The Hall–Kier alpha value is -1.32. The van der Waals surface area contributed by atoms with Gasteiger partial charge in [-0.2, -0.15) is 0 Å². The van der Waals surface area contributed by atoms with Gasteiger partial charge in [0.15, 0.2) is 0 Å². The minimum Gasteiger partial charge on any atom is -0.481 e. The molecule has 0 saturated heterocycles. The van der Waals surface area contributed by atoms with E-state index in [2.05, 4.69) is 0 Å². The Kier molecular flexibility index (Phi) is 91.4. The van der Waals surface area contributed by atoms with E-state index in [4.69, 9.17) is 0 Å². The summed E-state index contributed by atoms with van der Waals surface area (Å²) >= 11 is 0. The van der Waals surface area contributed by atoms with Gasteiger partial charge >= 0.3 is 11.9 Å². The van der Waals surface area contributed by atoms with Crippen LogP contribution in [0.1, 0.15) is 655 Å². The molecule has 0 aromatic heterocycles. The van der Waals surface area contributed by atoms with Crippen LogP contribution >= 0.6 is 0 Å². The summed E-state index contributed by atoms with van der Waals surface area (Å²) in [5.41, 5.74) is -0.866. The first kappa shape index (κ1) is 108. The lowest BCUT2D eigenvalue weighted by atomic mass is 9.76. The maximum atomic E-state index is 12.1. The van der Waals surface area contributed by atoms with E-state index in [0.29, 0.717) is 12.8 Å². The van der Waals surface area contributed by atoms with Crippen molar-refractivity contribution in [2.75, 3.05) is 0 Å². The SMILES string of the molecule is C1CCCCCCCCCCCCCCCC1.C1CCCCCCCCCCCCCCCC1.C1CCCCCCCCCCCCCCCC1.C1CCCCCCCCCCCCCCCC1.C1CCCCCCCCCCCCCCCC1.CC(=CC1(C(=O)O)CCCCCCCCCCCCCCCC1)C(=O)O. The minimum absolute atomic E-state index is 0.151. The molecule has 6 aliphatic carbocycles. The van der Waals surface area contributed by atoms with Crippen LogP contribution in [0.2, 0.25) is 0 Å². The molecular formula is C107H208O4. The van der Waals surface area contributed by atoms with E-state index in [0.717, 1.165) is 38.5 Å². The monoisotopic (exact) mass is 1560 g/mol. The summed E-state index contributed by atoms with van der Waals surface area (Å²) in [5.74, 6) is -1.88. The smallest absolute Gasteiger partial charge is 0.330 e. The molecule has 0 bridgehead atoms. The summed E-state index contributed by atoms with van der Waals surface area (Å²) in [7, 11) is 0. The van der Waals surface area contributed by atoms with Gasteiger partial charge in [0.2, 0.25) is 0 Å². The van der Waals surface area contributed by atoms with Gasteiger partial charge in [0.05, 0.1) is 5.41 Å². The Balaban J connectivity index is 0.000000672. The molecule has 0 radical (unpaired) electrons. The third-order valence-corrected chi connectivity index (χ3v) is 27.0. The molecule has 0 amide bonds. The standard InChI is InChI=1S/C22H38O4.5C17H34/c1-19(20(23)24)18-22(21(25)26)16-14-12-10-8-6-4-2-3-5-7-9-11-13-15-17-22;5*1-2-4-6-8-10-12-14-16-17-15-13-11-9-7-5-3-1/h18H,2-17H2,1H3,(H,23,24)(H,25,26);5*1-17H2. The van der Waals surface area contributed by atoms with Crippen LogP contribution in [-0.4, -0.2) is 22.2 Å². The molecule has 0 aromatic carbocycles. The zero-order valence-corrected chi connectivity index (χ0v) is 76.7. The lowest BCUT2D eigenvalue weighted by Gasteiger charge is -2.27. The van der Waals surface area contributed by atoms with Crippen LogP contribution in [-0.2, 0) is 9.59 Å². The number of carboxylic acid groups (broad SMARTS) is 2. The second kappa shape index (κ2) is 94.2. The summed E-state index contributed by atoms with van der Waals surface area (Å²) in [6.45, 7) is 1.51. The van der Waals surface area contributed by atoms with Crippen LogP contribution in [0.5, 0.6) is 0 Å². The summed E-state index contributed by atoms with van der Waals surface area (Å²) in [5, 5.41) is 19.1. The van der Waals surface area contributed by atoms with Gasteiger partial charge in [0, 0.05) is 5.57 Å². The maximum Gasteiger partial charge on any atom is 0.330 e. The van der Waals surface area contributed by atoms with Gasteiger partial charge in [-0.25, -0.2) is 4.79 Å². The Labute approximate surface area is 700 Å². The summed E-state index contributed by atoms with van der Waals surface area (Å²) in [4.78, 5) is 23.3. The Morgan fingerprint density at radius 2 is 0.225 bits per heavy atom. The van der Waals surface area contributed by atoms with Gasteiger partial charge in [-0.1, -0.05) is 642 Å². The van der Waals surface area contributed by atoms with Crippen LogP contribution in [0, 0.1) is 5.41 Å². The number of hydrogen-bond acceptors (Lipinski definition) is 2. The van der Waals surface area contributed by atoms with Crippen molar-refractivity contribution in [3.63, 3.8) is 0 Å². The van der Waals surface area contributed by atoms with E-state index in [1.807, 2.05) is 0 Å². The highest BCUT2D eigenvalue weighted by atomic mass is 16.4. The predicted molar refractivity (Wildman–Crippen MR) is 498 cm³/mol. The lowest BCUT2D eigenvalue weighted by Crippen LogP contribution is -2.30. The summed E-state index contributed by atoms with van der Waals surface area (Å²) in [6, 6.07) is 0. The highest BCUT2D eigenvalue weighted by molar-refractivity contribution is 5.88. The summed E-state index contributed by atoms with van der Waals surface area (Å²) < 4.78 is 0. The van der Waals surface area contributed by atoms with Crippen LogP contribution < -0.4 is 0 Å². The van der Waals surface area contributed by atoms with E-state index < -0.39 is 17.4 Å². The first-order valence-electron chi connectivity index (χ1n) is 53.1. The first-order valence-corrected chi connectivity index (χ1v) is 53.1. The van der Waals surface area contributed by atoms with Crippen LogP contribution in [0.25, 0.3) is 0 Å². The fraction of sp³-hybridized carbons (Fsp3) is 0.963. The zero-order valence-electron chi connectivity index (χ0n) is 76.7. The first-order chi connectivity index (χ1) is 55.0. The average molecular weight is 1560 g/mol. The van der Waals surface area contributed by atoms with Crippen molar-refractivity contribution in [2.24, 2.45) is 5.41 Å². The largest absolute Gasteiger partial charge is 0.481 e. The van der Waals surface area contributed by atoms with Gasteiger partial charge in [-0.3, -0.25) is 4.79 Å². The molecule has 0 atom stereocenters. The molecule has 111 heavy (non-hydrogen) atoms. The molecule has 0 heterocycles. The maximum absolute atomic E-state index is 12.1.